The van der Waals surface area contributed by atoms with Gasteiger partial charge in [0.1, 0.15) is 35.2 Å². The van der Waals surface area contributed by atoms with Crippen molar-refractivity contribution in [1.82, 2.24) is 0 Å². The predicted octanol–water partition coefficient (Wildman–Crippen LogP) is 23.1. The molecule has 5 heteroatoms. The quantitative estimate of drug-likeness (QED) is 0.115. The van der Waals surface area contributed by atoms with Gasteiger partial charge in [-0.05, 0) is 194 Å². The third-order valence-electron chi connectivity index (χ3n) is 19.8. The van der Waals surface area contributed by atoms with Crippen molar-refractivity contribution >= 4 is 0 Å². The van der Waals surface area contributed by atoms with E-state index in [9.17, 15) is 0 Å². The van der Waals surface area contributed by atoms with Crippen LogP contribution in [0.1, 0.15) is 84.9 Å². The van der Waals surface area contributed by atoms with E-state index in [-0.39, 0.29) is 11.1 Å². The number of nitrogens with zero attached hydrogens (tertiary/aromatic N) is 5. The Balaban J connectivity index is 0.000000142. The molecule has 1 atom stereocenters. The predicted molar refractivity (Wildman–Crippen MR) is 449 cm³/mol. The van der Waals surface area contributed by atoms with Gasteiger partial charge in [0.2, 0.25) is 28.5 Å². The molecule has 0 spiro atoms. The second kappa shape index (κ2) is 35.6. The Morgan fingerprint density at radius 3 is 0.907 bits per heavy atom. The van der Waals surface area contributed by atoms with Gasteiger partial charge in [-0.1, -0.05) is 243 Å². The molecule has 5 aromatic heterocycles. The first kappa shape index (κ1) is 66.9. The van der Waals surface area contributed by atoms with Crippen molar-refractivity contribution in [3.8, 4) is 112 Å². The van der Waals surface area contributed by atoms with Crippen LogP contribution >= 0.6 is 0 Å². The standard InChI is InChI=1S/C23H26N.3C20H20N.C19H18N/c1-16(2)22-14-19(11-10-18(22)4)20-12-13-23(24(5)15-20)21-9-7-6-8-17(21)3;1-15-7-6-9-17(13-15)18-11-12-21(3)20(14-18)19-10-5-4-8-16(19)2;2*1-15-8-10-17(11-9-15)18-12-13-21(3)20(14-18)19-7-5-4-6-16(19)2;1-15-8-6-7-11-18(15)19-14-17(12-13-20(19)2)16-9-4-3-5-10-16/h6-16H,1-5H3;3*4-14H,1-3H3;3-14H,1-2H3/q5*+1/i1D3,4D3,16D;;;;. The highest BCUT2D eigenvalue weighted by Crippen LogP contribution is 2.33. The van der Waals surface area contributed by atoms with Crippen LogP contribution < -0.4 is 22.8 Å². The Bertz CT molecular complexity index is 5710. The molecule has 0 aliphatic heterocycles. The maximum absolute atomic E-state index is 8.49. The number of benzene rings is 10. The zero-order valence-corrected chi connectivity index (χ0v) is 64.5. The lowest BCUT2D eigenvalue weighted by atomic mass is 9.93. The van der Waals surface area contributed by atoms with Crippen LogP contribution in [-0.2, 0) is 35.2 Å². The molecule has 15 rings (SSSR count). The molecule has 0 bridgehead atoms. The third kappa shape index (κ3) is 19.3. The van der Waals surface area contributed by atoms with Crippen LogP contribution in [0.15, 0.2) is 334 Å². The molecule has 0 radical (unpaired) electrons. The van der Waals surface area contributed by atoms with E-state index in [4.69, 9.17) is 9.60 Å². The third-order valence-corrected chi connectivity index (χ3v) is 19.8. The Kier molecular flexibility index (Phi) is 22.3. The lowest BCUT2D eigenvalue weighted by Crippen LogP contribution is -2.30. The van der Waals surface area contributed by atoms with Crippen molar-refractivity contribution in [2.75, 3.05) is 0 Å². The molecule has 0 saturated heterocycles. The fourth-order valence-electron chi connectivity index (χ4n) is 13.4. The molecule has 0 amide bonds. The second-order valence-corrected chi connectivity index (χ2v) is 28.0. The van der Waals surface area contributed by atoms with Crippen LogP contribution in [0.5, 0.6) is 0 Å². The van der Waals surface area contributed by atoms with E-state index in [2.05, 4.69) is 375 Å². The van der Waals surface area contributed by atoms with Crippen LogP contribution in [0.3, 0.4) is 0 Å². The van der Waals surface area contributed by atoms with Crippen LogP contribution in [0, 0.1) is 62.2 Å². The number of hydrogen-bond donors (Lipinski definition) is 0. The molecule has 15 aromatic rings. The van der Waals surface area contributed by atoms with E-state index < -0.39 is 19.6 Å². The topological polar surface area (TPSA) is 19.4 Å². The van der Waals surface area contributed by atoms with E-state index in [1.54, 1.807) is 6.07 Å². The molecule has 1 unspecified atom stereocenters. The monoisotopic (exact) mass is 1410 g/mol. The molecule has 0 saturated carbocycles. The van der Waals surface area contributed by atoms with E-state index in [1.807, 2.05) is 55.1 Å². The minimum absolute atomic E-state index is 0.00404. The Morgan fingerprint density at radius 1 is 0.243 bits per heavy atom. The van der Waals surface area contributed by atoms with E-state index >= 15 is 0 Å². The van der Waals surface area contributed by atoms with Gasteiger partial charge in [0.05, 0.1) is 0 Å². The minimum Gasteiger partial charge on any atom is -0.201 e. The summed E-state index contributed by atoms with van der Waals surface area (Å²) in [7, 11) is 10.3. The summed E-state index contributed by atoms with van der Waals surface area (Å²) >= 11 is 0. The van der Waals surface area contributed by atoms with Crippen molar-refractivity contribution in [2.45, 2.75) is 81.9 Å². The van der Waals surface area contributed by atoms with Gasteiger partial charge in [-0.2, -0.15) is 0 Å². The van der Waals surface area contributed by atoms with E-state index in [1.165, 1.54) is 148 Å². The molecular weight excluding hydrogens is 1300 g/mol. The van der Waals surface area contributed by atoms with Gasteiger partial charge in [-0.15, -0.1) is 0 Å². The van der Waals surface area contributed by atoms with Gasteiger partial charge < -0.3 is 0 Å². The first-order valence-electron chi connectivity index (χ1n) is 40.1. The summed E-state index contributed by atoms with van der Waals surface area (Å²) < 4.78 is 66.0. The molecule has 0 aliphatic carbocycles. The summed E-state index contributed by atoms with van der Waals surface area (Å²) in [6.45, 7) is 13.1. The summed E-state index contributed by atoms with van der Waals surface area (Å²) in [5.41, 5.74) is 33.9. The molecule has 5 heterocycles. The zero-order valence-electron chi connectivity index (χ0n) is 71.5. The second-order valence-electron chi connectivity index (χ2n) is 28.0. The van der Waals surface area contributed by atoms with E-state index in [0.717, 1.165) is 22.4 Å². The highest BCUT2D eigenvalue weighted by molar-refractivity contribution is 5.75. The Labute approximate surface area is 647 Å². The van der Waals surface area contributed by atoms with Gasteiger partial charge in [-0.25, -0.2) is 22.8 Å². The smallest absolute Gasteiger partial charge is 0.201 e. The summed E-state index contributed by atoms with van der Waals surface area (Å²) in [4.78, 5) is 0. The molecular formula is C102H104N5+5. The van der Waals surface area contributed by atoms with Gasteiger partial charge in [0.15, 0.2) is 31.0 Å². The summed E-state index contributed by atoms with van der Waals surface area (Å²) in [5, 5.41) is 0. The number of pyridine rings is 5. The molecule has 0 fully saturated rings. The number of hydrogen-bond acceptors (Lipinski definition) is 0. The Hall–Kier alpha value is -12.1. The number of aromatic nitrogens is 5. The lowest BCUT2D eigenvalue weighted by Gasteiger charge is -2.12. The van der Waals surface area contributed by atoms with Crippen molar-refractivity contribution in [2.24, 2.45) is 35.2 Å². The first-order valence-corrected chi connectivity index (χ1v) is 36.6. The van der Waals surface area contributed by atoms with E-state index in [0.29, 0.717) is 5.56 Å². The normalized spacial score (nSPS) is 12.4. The lowest BCUT2D eigenvalue weighted by molar-refractivity contribution is -0.660. The van der Waals surface area contributed by atoms with Crippen molar-refractivity contribution < 1.29 is 32.4 Å². The van der Waals surface area contributed by atoms with Gasteiger partial charge in [0.25, 0.3) is 0 Å². The van der Waals surface area contributed by atoms with Crippen molar-refractivity contribution in [1.29, 1.82) is 0 Å². The molecule has 532 valence electrons. The van der Waals surface area contributed by atoms with Gasteiger partial charge in [0, 0.05) is 97.6 Å². The molecule has 107 heavy (non-hydrogen) atoms. The number of aryl methyl sites for hydroxylation is 14. The highest BCUT2D eigenvalue weighted by atomic mass is 14.9. The molecule has 0 aliphatic rings. The molecule has 10 aromatic carbocycles. The number of rotatable bonds is 11. The minimum atomic E-state index is -2.68. The highest BCUT2D eigenvalue weighted by Gasteiger charge is 2.20. The first-order chi connectivity index (χ1) is 54.4. The molecule has 0 N–H and O–H groups in total. The van der Waals surface area contributed by atoms with Crippen molar-refractivity contribution in [3.63, 3.8) is 0 Å². The average molecular weight is 1410 g/mol. The fourth-order valence-corrected chi connectivity index (χ4v) is 13.4. The summed E-state index contributed by atoms with van der Waals surface area (Å²) in [6.07, 6.45) is 10.5. The van der Waals surface area contributed by atoms with Crippen LogP contribution in [0.25, 0.3) is 112 Å². The largest absolute Gasteiger partial charge is 0.213 e. The van der Waals surface area contributed by atoms with Crippen LogP contribution in [0.4, 0.5) is 0 Å². The van der Waals surface area contributed by atoms with Crippen LogP contribution in [0.2, 0.25) is 0 Å². The summed E-state index contributed by atoms with van der Waals surface area (Å²) in [5.74, 6) is -2.06. The van der Waals surface area contributed by atoms with Gasteiger partial charge >= 0.3 is 0 Å². The summed E-state index contributed by atoms with van der Waals surface area (Å²) in [6, 6.07) is 105. The fraction of sp³-hybridized carbons (Fsp3) is 0.167. The van der Waals surface area contributed by atoms with Crippen LogP contribution in [-0.4, -0.2) is 0 Å². The maximum Gasteiger partial charge on any atom is 0.213 e. The molecule has 5 nitrogen and oxygen atoms in total. The maximum atomic E-state index is 8.49. The average Bonchev–Trinajstić information content (AvgIpc) is 0.755. The SMILES string of the molecule is Cc1ccc(-c2cc[n+](C)c(-c3ccccc3C)c2)cc1.Cc1ccc(-c2cc[n+](C)c(-c3ccccc3C)c2)cc1.Cc1cccc(-c2cc[n+](C)c(-c3ccccc3C)c2)c1.Cc1ccccc1-c1cc(-c2ccccc2)cc[n+]1C.[2H]C([2H])([2H])c1ccc(-c2ccc(-c3ccccc3C)[n+](C)c2)cc1C([2H])(C)C([2H])([2H])[2H]. The zero-order chi connectivity index (χ0) is 81.6. The Morgan fingerprint density at radius 2 is 0.551 bits per heavy atom. The van der Waals surface area contributed by atoms with Gasteiger partial charge in [-0.3, -0.25) is 0 Å². The van der Waals surface area contributed by atoms with Crippen molar-refractivity contribution in [3.05, 3.63) is 390 Å².